The molecule has 29 heavy (non-hydrogen) atoms. The summed E-state index contributed by atoms with van der Waals surface area (Å²) < 4.78 is 16.1. The van der Waals surface area contributed by atoms with Crippen LogP contribution in [0.15, 0.2) is 52.4 Å². The van der Waals surface area contributed by atoms with Crippen LogP contribution in [-0.2, 0) is 12.8 Å². The van der Waals surface area contributed by atoms with Crippen LogP contribution in [0, 0.1) is 0 Å². The van der Waals surface area contributed by atoms with Crippen LogP contribution in [0.4, 0.5) is 0 Å². The summed E-state index contributed by atoms with van der Waals surface area (Å²) >= 11 is 1.69. The third-order valence-electron chi connectivity index (χ3n) is 4.53. The molecule has 0 N–H and O–H groups in total. The van der Waals surface area contributed by atoms with Crippen molar-refractivity contribution in [3.63, 3.8) is 0 Å². The van der Waals surface area contributed by atoms with Crippen LogP contribution in [0.25, 0.3) is 22.6 Å². The molecular formula is C22H21N3O3S. The number of nitrogens with zero attached hydrogens (tertiary/aromatic N) is 3. The fraction of sp³-hybridized carbons (Fsp3) is 0.227. The molecule has 2 heterocycles. The van der Waals surface area contributed by atoms with E-state index in [-0.39, 0.29) is 0 Å². The van der Waals surface area contributed by atoms with E-state index in [9.17, 15) is 0 Å². The zero-order valence-corrected chi connectivity index (χ0v) is 17.3. The Morgan fingerprint density at radius 3 is 2.24 bits per heavy atom. The smallest absolute Gasteiger partial charge is 0.231 e. The van der Waals surface area contributed by atoms with E-state index in [0.29, 0.717) is 18.1 Å². The van der Waals surface area contributed by atoms with Crippen LogP contribution >= 0.6 is 11.3 Å². The number of hydrogen-bond acceptors (Lipinski definition) is 7. The Kier molecular flexibility index (Phi) is 5.57. The fourth-order valence-electron chi connectivity index (χ4n) is 2.98. The van der Waals surface area contributed by atoms with Gasteiger partial charge in [-0.3, -0.25) is 0 Å². The van der Waals surface area contributed by atoms with Gasteiger partial charge in [0, 0.05) is 22.6 Å². The monoisotopic (exact) mass is 407 g/mol. The molecule has 0 radical (unpaired) electrons. The maximum Gasteiger partial charge on any atom is 0.231 e. The zero-order chi connectivity index (χ0) is 20.2. The highest BCUT2D eigenvalue weighted by Crippen LogP contribution is 2.27. The van der Waals surface area contributed by atoms with E-state index in [4.69, 9.17) is 14.0 Å². The first-order valence-corrected chi connectivity index (χ1v) is 10.2. The van der Waals surface area contributed by atoms with Crippen molar-refractivity contribution in [1.29, 1.82) is 0 Å². The topological polar surface area (TPSA) is 70.3 Å². The second kappa shape index (κ2) is 8.45. The van der Waals surface area contributed by atoms with Gasteiger partial charge < -0.3 is 14.0 Å². The summed E-state index contributed by atoms with van der Waals surface area (Å²) in [5.74, 6) is 2.55. The second-order valence-electron chi connectivity index (χ2n) is 6.47. The quantitative estimate of drug-likeness (QED) is 0.428. The van der Waals surface area contributed by atoms with Crippen LogP contribution in [0.2, 0.25) is 0 Å². The van der Waals surface area contributed by atoms with Gasteiger partial charge in [0.2, 0.25) is 11.7 Å². The molecule has 6 nitrogen and oxygen atoms in total. The summed E-state index contributed by atoms with van der Waals surface area (Å²) in [6.45, 7) is 2.11. The molecule has 4 rings (SSSR count). The highest BCUT2D eigenvalue weighted by Gasteiger charge is 2.12. The molecule has 0 aliphatic rings. The van der Waals surface area contributed by atoms with E-state index in [1.54, 1.807) is 25.6 Å². The molecule has 0 fully saturated rings. The van der Waals surface area contributed by atoms with E-state index in [0.717, 1.165) is 45.3 Å². The molecule has 4 aromatic rings. The summed E-state index contributed by atoms with van der Waals surface area (Å²) in [4.78, 5) is 9.16. The Labute approximate surface area is 173 Å². The van der Waals surface area contributed by atoms with E-state index in [1.807, 2.05) is 42.5 Å². The molecule has 2 aromatic heterocycles. The lowest BCUT2D eigenvalue weighted by atomic mass is 10.1. The molecular weight excluding hydrogens is 386 g/mol. The molecule has 0 aliphatic heterocycles. The van der Waals surface area contributed by atoms with Gasteiger partial charge in [0.25, 0.3) is 0 Å². The van der Waals surface area contributed by atoms with Crippen LogP contribution < -0.4 is 9.47 Å². The molecule has 2 aromatic carbocycles. The summed E-state index contributed by atoms with van der Waals surface area (Å²) in [6.07, 6.45) is 1.45. The molecule has 148 valence electrons. The summed E-state index contributed by atoms with van der Waals surface area (Å²) in [6, 6.07) is 13.7. The van der Waals surface area contributed by atoms with Gasteiger partial charge in [0.15, 0.2) is 0 Å². The van der Waals surface area contributed by atoms with Crippen molar-refractivity contribution in [3.05, 3.63) is 64.3 Å². The number of thiazole rings is 1. The van der Waals surface area contributed by atoms with Crippen molar-refractivity contribution in [3.8, 4) is 34.1 Å². The van der Waals surface area contributed by atoms with E-state index in [1.165, 1.54) is 0 Å². The molecule has 0 amide bonds. The maximum atomic E-state index is 5.45. The second-order valence-corrected chi connectivity index (χ2v) is 7.41. The molecule has 0 aliphatic carbocycles. The van der Waals surface area contributed by atoms with Gasteiger partial charge in [-0.15, -0.1) is 11.3 Å². The number of aryl methyl sites for hydroxylation is 1. The number of hydrogen-bond donors (Lipinski definition) is 0. The Hall–Kier alpha value is -3.19. The summed E-state index contributed by atoms with van der Waals surface area (Å²) in [7, 11) is 3.25. The zero-order valence-electron chi connectivity index (χ0n) is 16.5. The van der Waals surface area contributed by atoms with Crippen molar-refractivity contribution < 1.29 is 14.0 Å². The van der Waals surface area contributed by atoms with Gasteiger partial charge in [0.1, 0.15) is 11.5 Å². The average molecular weight is 407 g/mol. The normalized spacial score (nSPS) is 10.9. The van der Waals surface area contributed by atoms with Crippen molar-refractivity contribution in [1.82, 2.24) is 15.1 Å². The average Bonchev–Trinajstić information content (AvgIpc) is 3.43. The van der Waals surface area contributed by atoms with Gasteiger partial charge in [0.05, 0.1) is 31.3 Å². The molecule has 0 saturated heterocycles. The number of rotatable bonds is 7. The third-order valence-corrected chi connectivity index (χ3v) is 5.52. The number of benzene rings is 2. The molecule has 7 heteroatoms. The molecule has 0 spiro atoms. The van der Waals surface area contributed by atoms with Crippen LogP contribution in [0.3, 0.4) is 0 Å². The fourth-order valence-corrected chi connectivity index (χ4v) is 3.74. The highest BCUT2D eigenvalue weighted by atomic mass is 32.1. The van der Waals surface area contributed by atoms with Gasteiger partial charge in [-0.2, -0.15) is 4.98 Å². The van der Waals surface area contributed by atoms with Crippen LogP contribution in [0.1, 0.15) is 23.4 Å². The Morgan fingerprint density at radius 2 is 1.62 bits per heavy atom. The minimum atomic E-state index is 0.497. The maximum absolute atomic E-state index is 5.45. The number of methoxy groups -OCH3 is 2. The lowest BCUT2D eigenvalue weighted by molar-refractivity contribution is 0.382. The van der Waals surface area contributed by atoms with Crippen LogP contribution in [-0.4, -0.2) is 29.3 Å². The Balaban J connectivity index is 1.52. The van der Waals surface area contributed by atoms with Crippen molar-refractivity contribution in [2.45, 2.75) is 19.8 Å². The van der Waals surface area contributed by atoms with E-state index < -0.39 is 0 Å². The molecule has 0 unspecified atom stereocenters. The molecule has 0 atom stereocenters. The largest absolute Gasteiger partial charge is 0.497 e. The minimum absolute atomic E-state index is 0.497. The first kappa shape index (κ1) is 19.1. The first-order valence-electron chi connectivity index (χ1n) is 9.28. The summed E-state index contributed by atoms with van der Waals surface area (Å²) in [5.41, 5.74) is 3.95. The molecule has 0 bridgehead atoms. The third kappa shape index (κ3) is 4.30. The first-order chi connectivity index (χ1) is 14.2. The Bertz CT molecular complexity index is 1080. The van der Waals surface area contributed by atoms with Gasteiger partial charge in [-0.25, -0.2) is 4.98 Å². The SMILES string of the molecule is CCc1nc(-c2ccc(-c3noc(Cc4cc(OC)cc(OC)c4)n3)cc2)cs1. The minimum Gasteiger partial charge on any atom is -0.497 e. The van der Waals surface area contributed by atoms with Gasteiger partial charge in [-0.1, -0.05) is 36.3 Å². The summed E-state index contributed by atoms with van der Waals surface area (Å²) in [5, 5.41) is 7.35. The van der Waals surface area contributed by atoms with Crippen LogP contribution in [0.5, 0.6) is 11.5 Å². The Morgan fingerprint density at radius 1 is 0.931 bits per heavy atom. The van der Waals surface area contributed by atoms with Crippen molar-refractivity contribution in [2.75, 3.05) is 14.2 Å². The van der Waals surface area contributed by atoms with Crippen molar-refractivity contribution >= 4 is 11.3 Å². The highest BCUT2D eigenvalue weighted by molar-refractivity contribution is 7.09. The predicted octanol–water partition coefficient (Wildman–Crippen LogP) is 5.03. The van der Waals surface area contributed by atoms with Crippen molar-refractivity contribution in [2.24, 2.45) is 0 Å². The van der Waals surface area contributed by atoms with E-state index >= 15 is 0 Å². The predicted molar refractivity (Wildman–Crippen MR) is 113 cm³/mol. The molecule has 0 saturated carbocycles. The number of aromatic nitrogens is 3. The standard InChI is InChI=1S/C22H21N3O3S/c1-4-21-23-19(13-29-21)15-5-7-16(8-6-15)22-24-20(28-25-22)11-14-9-17(26-2)12-18(10-14)27-3/h5-10,12-13H,4,11H2,1-3H3. The van der Waals surface area contributed by atoms with E-state index in [2.05, 4.69) is 27.4 Å². The van der Waals surface area contributed by atoms with Gasteiger partial charge in [-0.05, 0) is 24.1 Å². The lowest BCUT2D eigenvalue weighted by Gasteiger charge is -2.06. The lowest BCUT2D eigenvalue weighted by Crippen LogP contribution is -1.93. The van der Waals surface area contributed by atoms with Gasteiger partial charge >= 0.3 is 0 Å². The number of ether oxygens (including phenoxy) is 2.